The number of thiazole rings is 1. The molecule has 0 aliphatic rings. The second-order valence-electron chi connectivity index (χ2n) is 4.07. The molecule has 0 amide bonds. The molecule has 1 heterocycles. The van der Waals surface area contributed by atoms with Crippen molar-refractivity contribution < 1.29 is 0 Å². The highest BCUT2D eigenvalue weighted by Gasteiger charge is 2.07. The maximum absolute atomic E-state index is 5.30. The minimum absolute atomic E-state index is 0.150. The van der Waals surface area contributed by atoms with Crippen LogP contribution in [0.4, 0.5) is 0 Å². The van der Waals surface area contributed by atoms with Crippen LogP contribution in [0.3, 0.4) is 0 Å². The minimum atomic E-state index is 0.150. The van der Waals surface area contributed by atoms with Gasteiger partial charge >= 0.3 is 0 Å². The second kappa shape index (κ2) is 5.90. The molecule has 0 saturated heterocycles. The third-order valence-electron chi connectivity index (χ3n) is 2.49. The van der Waals surface area contributed by atoms with Gasteiger partial charge in [-0.15, -0.1) is 11.3 Å². The van der Waals surface area contributed by atoms with E-state index >= 15 is 0 Å². The molecule has 0 spiro atoms. The number of hydrogen-bond donors (Lipinski definition) is 2. The number of nitrogens with zero attached hydrogens (tertiary/aromatic N) is 2. The van der Waals surface area contributed by atoms with Gasteiger partial charge in [0.05, 0.1) is 16.8 Å². The molecule has 1 aromatic carbocycles. The Bertz CT molecular complexity index is 614. The third kappa shape index (κ3) is 3.59. The lowest BCUT2D eigenvalue weighted by molar-refractivity contribution is 1.04. The molecule has 2 rings (SSSR count). The van der Waals surface area contributed by atoms with Crippen molar-refractivity contribution in [3.05, 3.63) is 40.4 Å². The molecule has 0 atom stereocenters. The van der Waals surface area contributed by atoms with E-state index in [0.717, 1.165) is 21.1 Å². The van der Waals surface area contributed by atoms with Crippen LogP contribution in [0.1, 0.15) is 16.1 Å². The minimum Gasteiger partial charge on any atom is -0.375 e. The van der Waals surface area contributed by atoms with Crippen molar-refractivity contribution in [1.82, 2.24) is 10.4 Å². The Morgan fingerprint density at radius 3 is 2.68 bits per heavy atom. The Hall–Kier alpha value is -1.79. The van der Waals surface area contributed by atoms with Gasteiger partial charge in [-0.3, -0.25) is 5.43 Å². The van der Waals surface area contributed by atoms with Crippen molar-refractivity contribution in [2.24, 2.45) is 10.8 Å². The monoisotopic (exact) mass is 290 g/mol. The topological polar surface area (TPSA) is 63.3 Å². The largest absolute Gasteiger partial charge is 0.375 e. The first kappa shape index (κ1) is 13.6. The van der Waals surface area contributed by atoms with Gasteiger partial charge in [0, 0.05) is 5.56 Å². The van der Waals surface area contributed by atoms with Gasteiger partial charge in [-0.05, 0) is 26.1 Å². The van der Waals surface area contributed by atoms with E-state index in [-0.39, 0.29) is 5.11 Å². The number of aryl methyl sites for hydroxylation is 2. The van der Waals surface area contributed by atoms with Crippen molar-refractivity contribution in [1.29, 1.82) is 0 Å². The number of rotatable bonds is 3. The fourth-order valence-corrected chi connectivity index (χ4v) is 2.50. The SMILES string of the molecule is Cc1ccc(-c2nc(C)c(C=NNC(N)=S)s2)cc1. The Morgan fingerprint density at radius 1 is 1.37 bits per heavy atom. The van der Waals surface area contributed by atoms with E-state index in [0.29, 0.717) is 0 Å². The van der Waals surface area contributed by atoms with Crippen LogP contribution >= 0.6 is 23.6 Å². The highest BCUT2D eigenvalue weighted by atomic mass is 32.1. The van der Waals surface area contributed by atoms with E-state index in [9.17, 15) is 0 Å². The van der Waals surface area contributed by atoms with Gasteiger partial charge in [-0.2, -0.15) is 5.10 Å². The van der Waals surface area contributed by atoms with Crippen LogP contribution in [0, 0.1) is 13.8 Å². The molecule has 0 saturated carbocycles. The van der Waals surface area contributed by atoms with Crippen molar-refractivity contribution in [2.45, 2.75) is 13.8 Å². The van der Waals surface area contributed by atoms with Crippen LogP contribution in [0.5, 0.6) is 0 Å². The molecule has 0 radical (unpaired) electrons. The molecule has 0 unspecified atom stereocenters. The van der Waals surface area contributed by atoms with E-state index < -0.39 is 0 Å². The van der Waals surface area contributed by atoms with Gasteiger partial charge in [0.2, 0.25) is 0 Å². The average Bonchev–Trinajstić information content (AvgIpc) is 2.71. The number of nitrogens with two attached hydrogens (primary N) is 1. The maximum atomic E-state index is 5.30. The number of nitrogens with one attached hydrogen (secondary N) is 1. The van der Waals surface area contributed by atoms with Gasteiger partial charge in [0.25, 0.3) is 0 Å². The summed E-state index contributed by atoms with van der Waals surface area (Å²) in [7, 11) is 0. The summed E-state index contributed by atoms with van der Waals surface area (Å²) in [4.78, 5) is 5.53. The third-order valence-corrected chi connectivity index (χ3v) is 3.72. The Morgan fingerprint density at radius 2 is 2.05 bits per heavy atom. The Balaban J connectivity index is 2.23. The van der Waals surface area contributed by atoms with E-state index in [4.69, 9.17) is 5.73 Å². The summed E-state index contributed by atoms with van der Waals surface area (Å²) in [5, 5.41) is 5.08. The summed E-state index contributed by atoms with van der Waals surface area (Å²) < 4.78 is 0. The zero-order valence-electron chi connectivity index (χ0n) is 10.7. The lowest BCUT2D eigenvalue weighted by atomic mass is 10.2. The molecule has 0 aliphatic carbocycles. The van der Waals surface area contributed by atoms with Crippen LogP contribution in [0.25, 0.3) is 10.6 Å². The van der Waals surface area contributed by atoms with Crippen molar-refractivity contribution in [3.63, 3.8) is 0 Å². The molecule has 3 N–H and O–H groups in total. The van der Waals surface area contributed by atoms with Crippen LogP contribution in [-0.4, -0.2) is 16.3 Å². The van der Waals surface area contributed by atoms with Crippen LogP contribution < -0.4 is 11.2 Å². The molecule has 1 aromatic heterocycles. The molecule has 19 heavy (non-hydrogen) atoms. The number of thiocarbonyl (C=S) groups is 1. The van der Waals surface area contributed by atoms with E-state index in [2.05, 4.69) is 58.9 Å². The quantitative estimate of drug-likeness (QED) is 0.518. The predicted molar refractivity (Wildman–Crippen MR) is 84.5 cm³/mol. The fourth-order valence-electron chi connectivity index (χ4n) is 1.50. The van der Waals surface area contributed by atoms with Crippen LogP contribution in [0.15, 0.2) is 29.4 Å². The van der Waals surface area contributed by atoms with E-state index in [1.165, 1.54) is 5.56 Å². The maximum Gasteiger partial charge on any atom is 0.184 e. The van der Waals surface area contributed by atoms with Gasteiger partial charge in [0.15, 0.2) is 5.11 Å². The zero-order chi connectivity index (χ0) is 13.8. The summed E-state index contributed by atoms with van der Waals surface area (Å²) >= 11 is 6.26. The molecule has 0 aliphatic heterocycles. The number of aromatic nitrogens is 1. The van der Waals surface area contributed by atoms with Crippen molar-refractivity contribution in [2.75, 3.05) is 0 Å². The number of hydrogen-bond acceptors (Lipinski definition) is 4. The highest BCUT2D eigenvalue weighted by molar-refractivity contribution is 7.80. The molecular formula is C13H14N4S2. The standard InChI is InChI=1S/C13H14N4S2/c1-8-3-5-10(6-4-8)12-16-9(2)11(19-12)7-15-17-13(14)18/h3-7H,1-2H3,(H3,14,17,18). The summed E-state index contributed by atoms with van der Waals surface area (Å²) in [6.07, 6.45) is 1.68. The first-order chi connectivity index (χ1) is 9.06. The van der Waals surface area contributed by atoms with Crippen molar-refractivity contribution in [3.8, 4) is 10.6 Å². The summed E-state index contributed by atoms with van der Waals surface area (Å²) in [6.45, 7) is 4.02. The summed E-state index contributed by atoms with van der Waals surface area (Å²) in [5.74, 6) is 0. The van der Waals surface area contributed by atoms with Gasteiger partial charge in [0.1, 0.15) is 5.01 Å². The Labute approximate surface area is 121 Å². The van der Waals surface area contributed by atoms with Crippen molar-refractivity contribution >= 4 is 34.9 Å². The molecule has 98 valence electrons. The molecule has 0 fully saturated rings. The number of hydrazone groups is 1. The van der Waals surface area contributed by atoms with E-state index in [1.807, 2.05) is 6.92 Å². The normalized spacial score (nSPS) is 10.8. The first-order valence-corrected chi connectivity index (χ1v) is 6.91. The highest BCUT2D eigenvalue weighted by Crippen LogP contribution is 2.26. The summed E-state index contributed by atoms with van der Waals surface area (Å²) in [5.41, 5.74) is 11.1. The molecule has 4 nitrogen and oxygen atoms in total. The zero-order valence-corrected chi connectivity index (χ0v) is 12.3. The van der Waals surface area contributed by atoms with E-state index in [1.54, 1.807) is 17.6 Å². The van der Waals surface area contributed by atoms with Gasteiger partial charge in [-0.1, -0.05) is 29.8 Å². The fraction of sp³-hybridized carbons (Fsp3) is 0.154. The molecular weight excluding hydrogens is 276 g/mol. The van der Waals surface area contributed by atoms with Crippen LogP contribution in [0.2, 0.25) is 0 Å². The molecule has 0 bridgehead atoms. The lowest BCUT2D eigenvalue weighted by Crippen LogP contribution is -2.23. The second-order valence-corrected chi connectivity index (χ2v) is 5.54. The average molecular weight is 290 g/mol. The number of benzene rings is 1. The first-order valence-electron chi connectivity index (χ1n) is 5.69. The Kier molecular flexibility index (Phi) is 4.24. The van der Waals surface area contributed by atoms with Gasteiger partial charge < -0.3 is 5.73 Å². The van der Waals surface area contributed by atoms with Crippen LogP contribution in [-0.2, 0) is 0 Å². The van der Waals surface area contributed by atoms with Gasteiger partial charge in [-0.25, -0.2) is 4.98 Å². The molecule has 6 heteroatoms. The predicted octanol–water partition coefficient (Wildman–Crippen LogP) is 2.59. The smallest absolute Gasteiger partial charge is 0.184 e. The molecule has 2 aromatic rings. The summed E-state index contributed by atoms with van der Waals surface area (Å²) in [6, 6.07) is 8.30. The lowest BCUT2D eigenvalue weighted by Gasteiger charge is -1.96.